The number of benzene rings is 1. The highest BCUT2D eigenvalue weighted by Crippen LogP contribution is 2.21. The lowest BCUT2D eigenvalue weighted by Crippen LogP contribution is -2.23. The molecule has 0 aliphatic rings. The number of carbonyl (C=O) groups is 1. The van der Waals surface area contributed by atoms with Crippen LogP contribution >= 0.6 is 11.6 Å². The molecule has 18 heavy (non-hydrogen) atoms. The summed E-state index contributed by atoms with van der Waals surface area (Å²) in [6, 6.07) is 4.17. The van der Waals surface area contributed by atoms with Crippen LogP contribution in [0.1, 0.15) is 15.9 Å². The normalized spacial score (nSPS) is 10.3. The van der Waals surface area contributed by atoms with E-state index in [-0.39, 0.29) is 22.9 Å². The van der Waals surface area contributed by atoms with Crippen molar-refractivity contribution in [3.63, 3.8) is 0 Å². The lowest BCUT2D eigenvalue weighted by molar-refractivity contribution is 0.0951. The average Bonchev–Trinajstić information content (AvgIpc) is 2.75. The smallest absolute Gasteiger partial charge is 0.253 e. The number of anilines is 1. The molecule has 7 heteroatoms. The van der Waals surface area contributed by atoms with E-state index in [9.17, 15) is 9.90 Å². The minimum absolute atomic E-state index is 0.0209. The third-order valence-corrected chi connectivity index (χ3v) is 2.71. The third kappa shape index (κ3) is 2.54. The number of nitrogens with two attached hydrogens (primary N) is 1. The molecule has 94 valence electrons. The zero-order chi connectivity index (χ0) is 13.1. The first-order valence-corrected chi connectivity index (χ1v) is 5.50. The number of nitrogens with one attached hydrogen (secondary N) is 2. The van der Waals surface area contributed by atoms with Crippen LogP contribution in [0.2, 0.25) is 5.02 Å². The second-order valence-electron chi connectivity index (χ2n) is 3.66. The average molecular weight is 267 g/mol. The van der Waals surface area contributed by atoms with Gasteiger partial charge in [-0.1, -0.05) is 11.6 Å². The molecule has 2 aromatic rings. The van der Waals surface area contributed by atoms with E-state index in [1.165, 1.54) is 24.4 Å². The molecule has 1 aromatic heterocycles. The maximum Gasteiger partial charge on any atom is 0.253 e. The van der Waals surface area contributed by atoms with Crippen molar-refractivity contribution in [1.82, 2.24) is 15.5 Å². The Morgan fingerprint density at radius 2 is 2.33 bits per heavy atom. The van der Waals surface area contributed by atoms with Crippen LogP contribution in [0.5, 0.6) is 5.75 Å². The van der Waals surface area contributed by atoms with E-state index in [0.717, 1.165) is 0 Å². The zero-order valence-corrected chi connectivity index (χ0v) is 10.0. The van der Waals surface area contributed by atoms with E-state index < -0.39 is 5.91 Å². The molecule has 0 atom stereocenters. The van der Waals surface area contributed by atoms with E-state index in [1.807, 2.05) is 0 Å². The number of aromatic amines is 1. The fraction of sp³-hybridized carbons (Fsp3) is 0.0909. The third-order valence-electron chi connectivity index (χ3n) is 2.39. The van der Waals surface area contributed by atoms with Crippen molar-refractivity contribution < 1.29 is 9.90 Å². The number of carbonyl (C=O) groups excluding carboxylic acids is 1. The lowest BCUT2D eigenvalue weighted by Gasteiger charge is -2.06. The monoisotopic (exact) mass is 266 g/mol. The Balaban J connectivity index is 2.08. The number of amides is 1. The van der Waals surface area contributed by atoms with Gasteiger partial charge in [0.1, 0.15) is 11.6 Å². The number of nitrogen functional groups attached to an aromatic ring is 1. The van der Waals surface area contributed by atoms with Crippen LogP contribution in [0.3, 0.4) is 0 Å². The van der Waals surface area contributed by atoms with Crippen LogP contribution in [-0.2, 0) is 6.54 Å². The summed E-state index contributed by atoms with van der Waals surface area (Å²) < 4.78 is 0. The number of H-pyrrole nitrogens is 1. The number of hydrogen-bond donors (Lipinski definition) is 4. The molecule has 1 heterocycles. The van der Waals surface area contributed by atoms with E-state index in [4.69, 9.17) is 17.3 Å². The van der Waals surface area contributed by atoms with Gasteiger partial charge in [0, 0.05) is 12.1 Å². The Kier molecular flexibility index (Phi) is 3.38. The summed E-state index contributed by atoms with van der Waals surface area (Å²) in [5, 5.41) is 18.5. The first-order valence-electron chi connectivity index (χ1n) is 5.12. The molecule has 0 aliphatic heterocycles. The van der Waals surface area contributed by atoms with Crippen LogP contribution in [0.15, 0.2) is 24.4 Å². The molecule has 0 radical (unpaired) electrons. The van der Waals surface area contributed by atoms with Gasteiger partial charge in [0.15, 0.2) is 0 Å². The van der Waals surface area contributed by atoms with Gasteiger partial charge in [-0.2, -0.15) is 5.10 Å². The summed E-state index contributed by atoms with van der Waals surface area (Å²) in [4.78, 5) is 11.8. The van der Waals surface area contributed by atoms with Gasteiger partial charge in [0.2, 0.25) is 0 Å². The van der Waals surface area contributed by atoms with Crippen molar-refractivity contribution in [1.29, 1.82) is 0 Å². The molecule has 0 saturated heterocycles. The molecule has 1 amide bonds. The summed E-state index contributed by atoms with van der Waals surface area (Å²) in [5.41, 5.74) is 6.47. The van der Waals surface area contributed by atoms with Gasteiger partial charge in [0.25, 0.3) is 5.91 Å². The molecule has 0 saturated carbocycles. The highest BCUT2D eigenvalue weighted by atomic mass is 35.5. The minimum atomic E-state index is -0.392. The number of hydrogen-bond acceptors (Lipinski definition) is 4. The van der Waals surface area contributed by atoms with Crippen LogP contribution in [0, 0.1) is 0 Å². The molecule has 0 aliphatic carbocycles. The van der Waals surface area contributed by atoms with E-state index in [0.29, 0.717) is 11.4 Å². The number of aromatic hydroxyl groups is 1. The van der Waals surface area contributed by atoms with Crippen molar-refractivity contribution >= 4 is 23.3 Å². The molecule has 0 bridgehead atoms. The van der Waals surface area contributed by atoms with Crippen molar-refractivity contribution in [2.24, 2.45) is 0 Å². The van der Waals surface area contributed by atoms with Crippen molar-refractivity contribution in [2.45, 2.75) is 6.54 Å². The Morgan fingerprint density at radius 1 is 1.56 bits per heavy atom. The van der Waals surface area contributed by atoms with Gasteiger partial charge < -0.3 is 16.2 Å². The largest absolute Gasteiger partial charge is 0.508 e. The van der Waals surface area contributed by atoms with Crippen molar-refractivity contribution in [3.8, 4) is 5.75 Å². The molecule has 0 spiro atoms. The molecular weight excluding hydrogens is 256 g/mol. The fourth-order valence-electron chi connectivity index (χ4n) is 1.42. The standard InChI is InChI=1S/C11H11ClN4O2/c12-9-2-1-7(17)3-8(9)11(18)14-4-6-5-15-16-10(6)13/h1-3,5,17H,4H2,(H,14,18)(H3,13,15,16). The highest BCUT2D eigenvalue weighted by Gasteiger charge is 2.11. The van der Waals surface area contributed by atoms with Crippen LogP contribution in [0.25, 0.3) is 0 Å². The summed E-state index contributed by atoms with van der Waals surface area (Å²) in [7, 11) is 0. The van der Waals surface area contributed by atoms with Gasteiger partial charge in [-0.3, -0.25) is 9.89 Å². The summed E-state index contributed by atoms with van der Waals surface area (Å²) in [5.74, 6) is -0.0128. The fourth-order valence-corrected chi connectivity index (χ4v) is 1.62. The first kappa shape index (κ1) is 12.3. The lowest BCUT2D eigenvalue weighted by atomic mass is 10.2. The maximum atomic E-state index is 11.8. The second kappa shape index (κ2) is 4.97. The first-order chi connectivity index (χ1) is 8.58. The molecule has 6 nitrogen and oxygen atoms in total. The molecule has 1 aromatic carbocycles. The van der Waals surface area contributed by atoms with Crippen molar-refractivity contribution in [2.75, 3.05) is 5.73 Å². The van der Waals surface area contributed by atoms with Gasteiger partial charge in [-0.05, 0) is 18.2 Å². The predicted octanol–water partition coefficient (Wildman–Crippen LogP) is 1.28. The molecule has 0 unspecified atom stereocenters. The summed E-state index contributed by atoms with van der Waals surface area (Å²) in [6.07, 6.45) is 1.53. The Morgan fingerprint density at radius 3 is 3.00 bits per heavy atom. The number of phenols is 1. The van der Waals surface area contributed by atoms with E-state index >= 15 is 0 Å². The number of phenolic OH excluding ortho intramolecular Hbond substituents is 1. The van der Waals surface area contributed by atoms with Gasteiger partial charge in [-0.15, -0.1) is 0 Å². The minimum Gasteiger partial charge on any atom is -0.508 e. The Labute approximate surface area is 108 Å². The van der Waals surface area contributed by atoms with Crippen molar-refractivity contribution in [3.05, 3.63) is 40.5 Å². The van der Waals surface area contributed by atoms with Crippen LogP contribution in [0.4, 0.5) is 5.82 Å². The topological polar surface area (TPSA) is 104 Å². The van der Waals surface area contributed by atoms with Crippen LogP contribution in [-0.4, -0.2) is 21.2 Å². The number of halogens is 1. The maximum absolute atomic E-state index is 11.8. The number of aromatic nitrogens is 2. The quantitative estimate of drug-likeness (QED) is 0.672. The second-order valence-corrected chi connectivity index (χ2v) is 4.06. The van der Waals surface area contributed by atoms with E-state index in [2.05, 4.69) is 15.5 Å². The van der Waals surface area contributed by atoms with Crippen LogP contribution < -0.4 is 11.1 Å². The highest BCUT2D eigenvalue weighted by molar-refractivity contribution is 6.33. The number of rotatable bonds is 3. The zero-order valence-electron chi connectivity index (χ0n) is 9.27. The van der Waals surface area contributed by atoms with Gasteiger partial charge >= 0.3 is 0 Å². The van der Waals surface area contributed by atoms with Gasteiger partial charge in [-0.25, -0.2) is 0 Å². The summed E-state index contributed by atoms with van der Waals surface area (Å²) in [6.45, 7) is 0.229. The SMILES string of the molecule is Nc1[nH]ncc1CNC(=O)c1cc(O)ccc1Cl. The Bertz CT molecular complexity index is 582. The van der Waals surface area contributed by atoms with E-state index in [1.54, 1.807) is 0 Å². The molecule has 5 N–H and O–H groups in total. The molecule has 0 fully saturated rings. The molecular formula is C11H11ClN4O2. The number of nitrogens with zero attached hydrogens (tertiary/aromatic N) is 1. The molecule has 2 rings (SSSR count). The summed E-state index contributed by atoms with van der Waals surface area (Å²) >= 11 is 5.87. The Hall–Kier alpha value is -2.21. The van der Waals surface area contributed by atoms with Gasteiger partial charge in [0.05, 0.1) is 16.8 Å². The predicted molar refractivity (Wildman–Crippen MR) is 67.3 cm³/mol.